The van der Waals surface area contributed by atoms with Crippen LogP contribution in [0.2, 0.25) is 0 Å². The summed E-state index contributed by atoms with van der Waals surface area (Å²) < 4.78 is 1.69. The van der Waals surface area contributed by atoms with E-state index in [1.165, 1.54) is 10.8 Å². The molecule has 1 aliphatic carbocycles. The molecule has 2 rings (SSSR count). The number of nitrogens with one attached hydrogen (secondary N) is 1. The van der Waals surface area contributed by atoms with Gasteiger partial charge in [-0.1, -0.05) is 12.2 Å². The zero-order valence-electron chi connectivity index (χ0n) is 7.68. The van der Waals surface area contributed by atoms with Crippen molar-refractivity contribution in [1.29, 1.82) is 0 Å². The molecular weight excluding hydrogens is 264 g/mol. The Morgan fingerprint density at radius 2 is 2.20 bits per heavy atom. The maximum absolute atomic E-state index is 11.5. The Kier molecular flexibility index (Phi) is 2.62. The second-order valence-electron chi connectivity index (χ2n) is 3.40. The van der Waals surface area contributed by atoms with Gasteiger partial charge in [0.1, 0.15) is 0 Å². The number of allylic oxidation sites excluding steroid dienone is 1. The lowest BCUT2D eigenvalue weighted by atomic mass is 10.2. The zero-order chi connectivity index (χ0) is 11.0. The summed E-state index contributed by atoms with van der Waals surface area (Å²) in [6, 6.07) is -0.194. The molecule has 15 heavy (non-hydrogen) atoms. The smallest absolute Gasteiger partial charge is 0.328 e. The largest absolute Gasteiger partial charge is 0.389 e. The molecule has 2 N–H and O–H groups in total. The van der Waals surface area contributed by atoms with Gasteiger partial charge in [-0.3, -0.25) is 14.3 Å². The molecule has 5 nitrogen and oxygen atoms in total. The number of nitrogens with zero attached hydrogens (tertiary/aromatic N) is 1. The Morgan fingerprint density at radius 1 is 1.47 bits per heavy atom. The van der Waals surface area contributed by atoms with Crippen molar-refractivity contribution in [2.45, 2.75) is 18.6 Å². The van der Waals surface area contributed by atoms with E-state index in [0.29, 0.717) is 10.9 Å². The first kappa shape index (κ1) is 10.4. The first-order chi connectivity index (χ1) is 7.08. The van der Waals surface area contributed by atoms with Gasteiger partial charge in [-0.25, -0.2) is 4.79 Å². The minimum absolute atomic E-state index is 0.194. The number of H-pyrrole nitrogens is 1. The van der Waals surface area contributed by atoms with Gasteiger partial charge in [0.05, 0.1) is 16.6 Å². The van der Waals surface area contributed by atoms with Crippen LogP contribution in [0.4, 0.5) is 0 Å². The topological polar surface area (TPSA) is 75.1 Å². The summed E-state index contributed by atoms with van der Waals surface area (Å²) in [7, 11) is 0. The van der Waals surface area contributed by atoms with Crippen LogP contribution in [0.25, 0.3) is 0 Å². The number of hydrogen-bond acceptors (Lipinski definition) is 3. The van der Waals surface area contributed by atoms with Crippen molar-refractivity contribution in [2.75, 3.05) is 0 Å². The highest BCUT2D eigenvalue weighted by Gasteiger charge is 2.19. The van der Waals surface area contributed by atoms with E-state index in [-0.39, 0.29) is 6.04 Å². The Morgan fingerprint density at radius 3 is 2.80 bits per heavy atom. The average molecular weight is 273 g/mol. The third-order valence-electron chi connectivity index (χ3n) is 2.32. The maximum atomic E-state index is 11.5. The van der Waals surface area contributed by atoms with Gasteiger partial charge in [0.15, 0.2) is 0 Å². The third kappa shape index (κ3) is 1.95. The molecule has 0 saturated heterocycles. The van der Waals surface area contributed by atoms with E-state index < -0.39 is 17.4 Å². The van der Waals surface area contributed by atoms with E-state index in [1.54, 1.807) is 12.2 Å². The second kappa shape index (κ2) is 3.79. The van der Waals surface area contributed by atoms with Crippen molar-refractivity contribution in [3.8, 4) is 0 Å². The molecule has 1 heterocycles. The molecule has 0 saturated carbocycles. The molecule has 1 aromatic rings. The molecule has 0 fully saturated rings. The fourth-order valence-electron chi connectivity index (χ4n) is 1.57. The summed E-state index contributed by atoms with van der Waals surface area (Å²) in [5.41, 5.74) is -0.911. The fourth-order valence-corrected chi connectivity index (χ4v) is 1.89. The predicted molar refractivity (Wildman–Crippen MR) is 57.8 cm³/mol. The summed E-state index contributed by atoms with van der Waals surface area (Å²) >= 11 is 3.05. The van der Waals surface area contributed by atoms with Crippen molar-refractivity contribution in [1.82, 2.24) is 9.55 Å². The molecule has 0 amide bonds. The van der Waals surface area contributed by atoms with Crippen LogP contribution in [0, 0.1) is 0 Å². The van der Waals surface area contributed by atoms with E-state index in [1.807, 2.05) is 0 Å². The standard InChI is InChI=1S/C9H9BrN2O3/c10-7-4-12(9(15)11-8(7)14)5-1-2-6(13)3-5/h1-2,4-6,13H,3H2,(H,11,14,15)/t5-,6+/m0/s1. The molecule has 0 aromatic carbocycles. The predicted octanol–water partition coefficient (Wildman–Crippen LogP) is 0.161. The van der Waals surface area contributed by atoms with Crippen molar-refractivity contribution >= 4 is 15.9 Å². The van der Waals surface area contributed by atoms with Gasteiger partial charge < -0.3 is 5.11 Å². The van der Waals surface area contributed by atoms with Crippen LogP contribution in [0.5, 0.6) is 0 Å². The Labute approximate surface area is 93.2 Å². The van der Waals surface area contributed by atoms with Crippen LogP contribution < -0.4 is 11.2 Å². The highest BCUT2D eigenvalue weighted by Crippen LogP contribution is 2.21. The molecule has 0 aliphatic heterocycles. The summed E-state index contributed by atoms with van der Waals surface area (Å²) in [5.74, 6) is 0. The first-order valence-electron chi connectivity index (χ1n) is 4.45. The van der Waals surface area contributed by atoms with E-state index >= 15 is 0 Å². The zero-order valence-corrected chi connectivity index (χ0v) is 9.27. The van der Waals surface area contributed by atoms with Crippen molar-refractivity contribution < 1.29 is 5.11 Å². The van der Waals surface area contributed by atoms with Crippen LogP contribution in [-0.4, -0.2) is 20.8 Å². The summed E-state index contributed by atoms with van der Waals surface area (Å²) in [6.45, 7) is 0. The molecule has 1 aliphatic rings. The lowest BCUT2D eigenvalue weighted by Crippen LogP contribution is -2.31. The lowest BCUT2D eigenvalue weighted by Gasteiger charge is -2.12. The fraction of sp³-hybridized carbons (Fsp3) is 0.333. The molecule has 80 valence electrons. The molecule has 2 atom stereocenters. The number of rotatable bonds is 1. The molecular formula is C9H9BrN2O3. The Balaban J connectivity index is 2.46. The summed E-state index contributed by atoms with van der Waals surface area (Å²) in [4.78, 5) is 24.7. The number of hydrogen-bond donors (Lipinski definition) is 2. The molecule has 1 aromatic heterocycles. The molecule has 0 unspecified atom stereocenters. The van der Waals surface area contributed by atoms with E-state index in [4.69, 9.17) is 0 Å². The highest BCUT2D eigenvalue weighted by atomic mass is 79.9. The maximum Gasteiger partial charge on any atom is 0.328 e. The quantitative estimate of drug-likeness (QED) is 0.716. The summed E-state index contributed by atoms with van der Waals surface area (Å²) in [6.07, 6.45) is 4.76. The number of halogens is 1. The number of aromatic nitrogens is 2. The van der Waals surface area contributed by atoms with Crippen molar-refractivity contribution in [2.24, 2.45) is 0 Å². The van der Waals surface area contributed by atoms with Crippen molar-refractivity contribution in [3.05, 3.63) is 43.7 Å². The van der Waals surface area contributed by atoms with Crippen LogP contribution in [0.3, 0.4) is 0 Å². The van der Waals surface area contributed by atoms with Crippen LogP contribution in [0.15, 0.2) is 32.4 Å². The lowest BCUT2D eigenvalue weighted by molar-refractivity contribution is 0.209. The van der Waals surface area contributed by atoms with Crippen LogP contribution in [0.1, 0.15) is 12.5 Å². The minimum Gasteiger partial charge on any atom is -0.389 e. The van der Waals surface area contributed by atoms with Gasteiger partial charge in [0.2, 0.25) is 0 Å². The van der Waals surface area contributed by atoms with E-state index in [9.17, 15) is 14.7 Å². The van der Waals surface area contributed by atoms with Gasteiger partial charge in [-0.05, 0) is 15.9 Å². The van der Waals surface area contributed by atoms with Gasteiger partial charge in [-0.15, -0.1) is 0 Å². The molecule has 0 radical (unpaired) electrons. The van der Waals surface area contributed by atoms with E-state index in [2.05, 4.69) is 20.9 Å². The number of aliphatic hydroxyl groups excluding tert-OH is 1. The minimum atomic E-state index is -0.521. The van der Waals surface area contributed by atoms with Gasteiger partial charge in [-0.2, -0.15) is 0 Å². The first-order valence-corrected chi connectivity index (χ1v) is 5.24. The Bertz CT molecular complexity index is 517. The van der Waals surface area contributed by atoms with Gasteiger partial charge in [0, 0.05) is 12.6 Å². The monoisotopic (exact) mass is 272 g/mol. The normalized spacial score (nSPS) is 24.7. The third-order valence-corrected chi connectivity index (χ3v) is 2.88. The SMILES string of the molecule is O=c1[nH]c(=O)n([C@H]2C=C[C@@H](O)C2)cc1Br. The number of aromatic amines is 1. The van der Waals surface area contributed by atoms with Crippen LogP contribution in [-0.2, 0) is 0 Å². The Hall–Kier alpha value is -1.14. The van der Waals surface area contributed by atoms with Gasteiger partial charge in [0.25, 0.3) is 5.56 Å². The number of aliphatic hydroxyl groups is 1. The second-order valence-corrected chi connectivity index (χ2v) is 4.25. The van der Waals surface area contributed by atoms with Crippen LogP contribution >= 0.6 is 15.9 Å². The summed E-state index contributed by atoms with van der Waals surface area (Å²) in [5, 5.41) is 9.29. The van der Waals surface area contributed by atoms with Crippen molar-refractivity contribution in [3.63, 3.8) is 0 Å². The van der Waals surface area contributed by atoms with E-state index in [0.717, 1.165) is 0 Å². The molecule has 0 bridgehead atoms. The molecule has 0 spiro atoms. The molecule has 6 heteroatoms. The highest BCUT2D eigenvalue weighted by molar-refractivity contribution is 9.10. The van der Waals surface area contributed by atoms with Gasteiger partial charge >= 0.3 is 5.69 Å². The average Bonchev–Trinajstić information content (AvgIpc) is 2.58.